The van der Waals surface area contributed by atoms with E-state index < -0.39 is 67.1 Å². The van der Waals surface area contributed by atoms with Crippen LogP contribution in [0.15, 0.2) is 23.8 Å². The van der Waals surface area contributed by atoms with Crippen molar-refractivity contribution in [2.45, 2.75) is 30.7 Å². The summed E-state index contributed by atoms with van der Waals surface area (Å²) in [5.41, 5.74) is -0.321. The summed E-state index contributed by atoms with van der Waals surface area (Å²) >= 11 is 0. The fourth-order valence-electron chi connectivity index (χ4n) is 2.53. The number of carbonyl (C=O) groups is 1. The Hall–Kier alpha value is -2.92. The number of phenolic OH excluding ortho intramolecular Hbond substituents is 3. The molecule has 12 nitrogen and oxygen atoms in total. The molecule has 1 saturated heterocycles. The molecule has 164 valence electrons. The van der Waals surface area contributed by atoms with Gasteiger partial charge in [-0.2, -0.15) is 5.26 Å². The molecule has 0 unspecified atom stereocenters. The molecule has 0 aliphatic carbocycles. The highest BCUT2D eigenvalue weighted by Crippen LogP contribution is 2.35. The topological polar surface area (TPSA) is 210 Å². The number of phenols is 3. The summed E-state index contributed by atoms with van der Waals surface area (Å²) in [5.74, 6) is -3.25. The zero-order chi connectivity index (χ0) is 22.4. The third-order valence-electron chi connectivity index (χ3n) is 4.25. The molecule has 0 saturated carbocycles. The molecule has 1 aromatic rings. The van der Waals surface area contributed by atoms with E-state index in [0.29, 0.717) is 0 Å². The summed E-state index contributed by atoms with van der Waals surface area (Å²) in [7, 11) is 0. The fraction of sp³-hybridized carbons (Fsp3) is 0.444. The van der Waals surface area contributed by atoms with Crippen LogP contribution < -0.4 is 0 Å². The minimum Gasteiger partial charge on any atom is -0.504 e. The number of aliphatic hydroxyl groups is 4. The lowest BCUT2D eigenvalue weighted by atomic mass is 9.99. The summed E-state index contributed by atoms with van der Waals surface area (Å²) in [6.07, 6.45) is -6.07. The molecule has 0 radical (unpaired) electrons. The van der Waals surface area contributed by atoms with Gasteiger partial charge in [0.1, 0.15) is 31.0 Å². The van der Waals surface area contributed by atoms with Gasteiger partial charge in [0.05, 0.1) is 30.4 Å². The monoisotopic (exact) mass is 427 g/mol. The van der Waals surface area contributed by atoms with Gasteiger partial charge in [0.25, 0.3) is 0 Å². The SMILES string of the molecule is N#CC(=CCO[C@@H]1O[C@H](CO)[C@@H](O)[C@H](O)[C@H]1O)COC(=O)c1cc(O)c(O)c(O)c1. The van der Waals surface area contributed by atoms with Crippen LogP contribution >= 0.6 is 0 Å². The number of rotatable bonds is 7. The van der Waals surface area contributed by atoms with E-state index in [9.17, 15) is 35.4 Å². The first kappa shape index (κ1) is 23.4. The van der Waals surface area contributed by atoms with Gasteiger partial charge in [-0.3, -0.25) is 0 Å². The zero-order valence-electron chi connectivity index (χ0n) is 15.5. The van der Waals surface area contributed by atoms with Crippen molar-refractivity contribution < 1.29 is 54.8 Å². The maximum absolute atomic E-state index is 12.0. The number of esters is 1. The molecular formula is C18H21NO11. The molecular weight excluding hydrogens is 406 g/mol. The van der Waals surface area contributed by atoms with Gasteiger partial charge >= 0.3 is 5.97 Å². The van der Waals surface area contributed by atoms with Gasteiger partial charge in [-0.05, 0) is 18.2 Å². The number of hydrogen-bond acceptors (Lipinski definition) is 12. The first-order chi connectivity index (χ1) is 14.2. The Morgan fingerprint density at radius 1 is 1.13 bits per heavy atom. The molecule has 0 amide bonds. The largest absolute Gasteiger partial charge is 0.504 e. The Labute approximate surface area is 170 Å². The van der Waals surface area contributed by atoms with Crippen LogP contribution in [0.1, 0.15) is 10.4 Å². The molecule has 0 aromatic heterocycles. The average Bonchev–Trinajstić information content (AvgIpc) is 2.73. The van der Waals surface area contributed by atoms with Gasteiger partial charge in [-0.25, -0.2) is 4.79 Å². The number of carbonyl (C=O) groups excluding carboxylic acids is 1. The van der Waals surface area contributed by atoms with Crippen LogP contribution in [0.2, 0.25) is 0 Å². The first-order valence-corrected chi connectivity index (χ1v) is 8.62. The van der Waals surface area contributed by atoms with Crippen LogP contribution in [0.5, 0.6) is 17.2 Å². The number of nitrogens with zero attached hydrogens (tertiary/aromatic N) is 1. The summed E-state index contributed by atoms with van der Waals surface area (Å²) in [5, 5.41) is 75.5. The Morgan fingerprint density at radius 3 is 2.33 bits per heavy atom. The molecule has 2 rings (SSSR count). The van der Waals surface area contributed by atoms with Crippen LogP contribution in [0.25, 0.3) is 0 Å². The molecule has 1 aliphatic rings. The van der Waals surface area contributed by atoms with E-state index in [1.165, 1.54) is 6.08 Å². The van der Waals surface area contributed by atoms with Crippen LogP contribution in [0.4, 0.5) is 0 Å². The molecule has 1 aromatic carbocycles. The highest BCUT2D eigenvalue weighted by atomic mass is 16.7. The van der Waals surface area contributed by atoms with E-state index in [-0.39, 0.29) is 17.7 Å². The van der Waals surface area contributed by atoms with Crippen molar-refractivity contribution >= 4 is 5.97 Å². The maximum Gasteiger partial charge on any atom is 0.338 e. The quantitative estimate of drug-likeness (QED) is 0.146. The van der Waals surface area contributed by atoms with Gasteiger partial charge in [-0.15, -0.1) is 0 Å². The minimum absolute atomic E-state index is 0.0554. The predicted molar refractivity (Wildman–Crippen MR) is 95.1 cm³/mol. The minimum atomic E-state index is -1.61. The van der Waals surface area contributed by atoms with Crippen molar-refractivity contribution in [1.29, 1.82) is 5.26 Å². The second kappa shape index (κ2) is 10.2. The van der Waals surface area contributed by atoms with Crippen molar-refractivity contribution in [3.05, 3.63) is 29.3 Å². The highest BCUT2D eigenvalue weighted by molar-refractivity contribution is 5.91. The fourth-order valence-corrected chi connectivity index (χ4v) is 2.53. The van der Waals surface area contributed by atoms with Crippen LogP contribution in [0, 0.1) is 11.3 Å². The van der Waals surface area contributed by atoms with Crippen molar-refractivity contribution in [1.82, 2.24) is 0 Å². The zero-order valence-corrected chi connectivity index (χ0v) is 15.5. The second-order valence-corrected chi connectivity index (χ2v) is 6.31. The van der Waals surface area contributed by atoms with Gasteiger partial charge in [0.2, 0.25) is 0 Å². The third kappa shape index (κ3) is 5.36. The lowest BCUT2D eigenvalue weighted by Crippen LogP contribution is -2.59. The number of hydrogen-bond donors (Lipinski definition) is 7. The lowest BCUT2D eigenvalue weighted by molar-refractivity contribution is -0.298. The molecule has 7 N–H and O–H groups in total. The molecule has 5 atom stereocenters. The number of aliphatic hydroxyl groups excluding tert-OH is 4. The molecule has 0 bridgehead atoms. The smallest absolute Gasteiger partial charge is 0.338 e. The Balaban J connectivity index is 1.92. The van der Waals surface area contributed by atoms with Gasteiger partial charge < -0.3 is 50.0 Å². The molecule has 1 aliphatic heterocycles. The van der Waals surface area contributed by atoms with E-state index in [1.807, 2.05) is 0 Å². The number of ether oxygens (including phenoxy) is 3. The average molecular weight is 427 g/mol. The van der Waals surface area contributed by atoms with E-state index in [0.717, 1.165) is 12.1 Å². The lowest BCUT2D eigenvalue weighted by Gasteiger charge is -2.39. The van der Waals surface area contributed by atoms with E-state index in [4.69, 9.17) is 24.6 Å². The van der Waals surface area contributed by atoms with Crippen LogP contribution in [-0.4, -0.2) is 92.2 Å². The number of benzene rings is 1. The van der Waals surface area contributed by atoms with E-state index >= 15 is 0 Å². The Morgan fingerprint density at radius 2 is 1.77 bits per heavy atom. The molecule has 12 heteroatoms. The molecule has 1 heterocycles. The van der Waals surface area contributed by atoms with Crippen molar-refractivity contribution in [2.75, 3.05) is 19.8 Å². The van der Waals surface area contributed by atoms with Gasteiger partial charge in [-0.1, -0.05) is 0 Å². The maximum atomic E-state index is 12.0. The van der Waals surface area contributed by atoms with Crippen molar-refractivity contribution in [3.63, 3.8) is 0 Å². The molecule has 1 fully saturated rings. The summed E-state index contributed by atoms with van der Waals surface area (Å²) < 4.78 is 15.2. The highest BCUT2D eigenvalue weighted by Gasteiger charge is 2.43. The second-order valence-electron chi connectivity index (χ2n) is 6.31. The third-order valence-corrected chi connectivity index (χ3v) is 4.25. The summed E-state index contributed by atoms with van der Waals surface area (Å²) in [4.78, 5) is 12.0. The Bertz CT molecular complexity index is 809. The van der Waals surface area contributed by atoms with E-state index in [1.54, 1.807) is 6.07 Å². The van der Waals surface area contributed by atoms with Crippen LogP contribution in [0.3, 0.4) is 0 Å². The summed E-state index contributed by atoms with van der Waals surface area (Å²) in [6.45, 7) is -1.41. The van der Waals surface area contributed by atoms with Crippen molar-refractivity contribution in [2.24, 2.45) is 0 Å². The van der Waals surface area contributed by atoms with Crippen molar-refractivity contribution in [3.8, 4) is 23.3 Å². The molecule has 30 heavy (non-hydrogen) atoms. The number of aromatic hydroxyl groups is 3. The first-order valence-electron chi connectivity index (χ1n) is 8.62. The van der Waals surface area contributed by atoms with E-state index in [2.05, 4.69) is 0 Å². The van der Waals surface area contributed by atoms with Gasteiger partial charge in [0, 0.05) is 0 Å². The van der Waals surface area contributed by atoms with Gasteiger partial charge in [0.15, 0.2) is 23.5 Å². The number of nitriles is 1. The standard InChI is InChI=1S/C18H21NO11/c19-5-8(7-29-17(27)9-3-10(21)13(23)11(22)4-9)1-2-28-18-16(26)15(25)14(24)12(6-20)30-18/h1,3-4,12,14-16,18,20-26H,2,6-7H2/t12-,14-,15+,16-,18-/m1/s1. The summed E-state index contributed by atoms with van der Waals surface area (Å²) in [6, 6.07) is 3.50. The molecule has 0 spiro atoms. The Kier molecular flexibility index (Phi) is 7.95. The van der Waals surface area contributed by atoms with Crippen LogP contribution in [-0.2, 0) is 14.2 Å². The normalized spacial score (nSPS) is 26.8. The predicted octanol–water partition coefficient (Wildman–Crippen LogP) is -1.77.